The Kier molecular flexibility index (Phi) is 8.68. The van der Waals surface area contributed by atoms with Gasteiger partial charge in [-0.3, -0.25) is 0 Å². The average molecular weight is 400 g/mol. The molecule has 6 nitrogen and oxygen atoms in total. The van der Waals surface area contributed by atoms with E-state index in [1.54, 1.807) is 12.1 Å². The summed E-state index contributed by atoms with van der Waals surface area (Å²) in [4.78, 5) is 22.7. The second kappa shape index (κ2) is 11.2. The summed E-state index contributed by atoms with van der Waals surface area (Å²) in [5.74, 6) is 1.08. The topological polar surface area (TPSA) is 71.1 Å². The van der Waals surface area contributed by atoms with Crippen LogP contribution in [0, 0.1) is 13.8 Å². The quantitative estimate of drug-likeness (QED) is 0.320. The minimum atomic E-state index is -0.582. The minimum absolute atomic E-state index is 0.351. The van der Waals surface area contributed by atoms with Crippen LogP contribution in [0.25, 0.3) is 0 Å². The van der Waals surface area contributed by atoms with Crippen LogP contribution in [0.3, 0.4) is 0 Å². The molecule has 0 amide bonds. The van der Waals surface area contributed by atoms with Gasteiger partial charge in [-0.1, -0.05) is 6.07 Å². The van der Waals surface area contributed by atoms with E-state index >= 15 is 0 Å². The van der Waals surface area contributed by atoms with Gasteiger partial charge in [0.15, 0.2) is 6.29 Å². The molecule has 0 saturated heterocycles. The van der Waals surface area contributed by atoms with E-state index in [2.05, 4.69) is 0 Å². The maximum Gasteiger partial charge on any atom is 0.338 e. The molecule has 2 rings (SSSR count). The maximum atomic E-state index is 11.6. The predicted octanol–water partition coefficient (Wildman–Crippen LogP) is 4.21. The number of esters is 1. The fraction of sp³-hybridized carbons (Fsp3) is 0.391. The molecule has 0 N–H and O–H groups in total. The van der Waals surface area contributed by atoms with Crippen LogP contribution in [-0.4, -0.2) is 39.7 Å². The van der Waals surface area contributed by atoms with Gasteiger partial charge in [0.25, 0.3) is 0 Å². The summed E-state index contributed by atoms with van der Waals surface area (Å²) in [6, 6.07) is 11.0. The van der Waals surface area contributed by atoms with Crippen molar-refractivity contribution in [1.82, 2.24) is 0 Å². The van der Waals surface area contributed by atoms with Gasteiger partial charge in [0.05, 0.1) is 25.9 Å². The van der Waals surface area contributed by atoms with Crippen LogP contribution in [-0.2, 0) is 14.3 Å². The summed E-state index contributed by atoms with van der Waals surface area (Å²) in [7, 11) is 2.88. The molecular formula is C23H28O6. The summed E-state index contributed by atoms with van der Waals surface area (Å²) in [5.41, 5.74) is 3.15. The highest BCUT2D eigenvalue weighted by Gasteiger charge is 2.13. The second-order valence-electron chi connectivity index (χ2n) is 6.68. The molecule has 1 unspecified atom stereocenters. The van der Waals surface area contributed by atoms with E-state index in [1.807, 2.05) is 38.1 Å². The first-order valence-corrected chi connectivity index (χ1v) is 9.53. The lowest BCUT2D eigenvalue weighted by Crippen LogP contribution is -2.07. The number of methoxy groups -OCH3 is 2. The van der Waals surface area contributed by atoms with Crippen LogP contribution in [0.1, 0.15) is 46.0 Å². The molecule has 0 aliphatic carbocycles. The fourth-order valence-electron chi connectivity index (χ4n) is 2.92. The third kappa shape index (κ3) is 6.32. The van der Waals surface area contributed by atoms with E-state index in [1.165, 1.54) is 14.2 Å². The van der Waals surface area contributed by atoms with Crippen molar-refractivity contribution in [2.75, 3.05) is 27.4 Å². The SMILES string of the molecule is COC(=O)c1ccc(OCCCCOc2ccc(C)c(C(C=O)OC)c2)cc1C. The molecule has 2 aromatic carbocycles. The summed E-state index contributed by atoms with van der Waals surface area (Å²) in [5, 5.41) is 0. The Hall–Kier alpha value is -2.86. The lowest BCUT2D eigenvalue weighted by atomic mass is 10.0. The Morgan fingerprint density at radius 3 is 2.10 bits per heavy atom. The van der Waals surface area contributed by atoms with Crippen molar-refractivity contribution in [3.63, 3.8) is 0 Å². The lowest BCUT2D eigenvalue weighted by molar-refractivity contribution is -0.116. The molecule has 0 heterocycles. The largest absolute Gasteiger partial charge is 0.494 e. The first kappa shape index (κ1) is 22.4. The summed E-state index contributed by atoms with van der Waals surface area (Å²) in [6.07, 6.45) is 1.85. The molecule has 0 bridgehead atoms. The number of hydrogen-bond acceptors (Lipinski definition) is 6. The van der Waals surface area contributed by atoms with Gasteiger partial charge >= 0.3 is 5.97 Å². The highest BCUT2D eigenvalue weighted by Crippen LogP contribution is 2.24. The van der Waals surface area contributed by atoms with Gasteiger partial charge in [0.1, 0.15) is 17.6 Å². The third-order valence-electron chi connectivity index (χ3n) is 4.61. The van der Waals surface area contributed by atoms with E-state index in [0.717, 1.165) is 41.6 Å². The number of carbonyl (C=O) groups excluding carboxylic acids is 2. The first-order chi connectivity index (χ1) is 14.0. The number of unbranched alkanes of at least 4 members (excludes halogenated alkanes) is 1. The van der Waals surface area contributed by atoms with E-state index in [0.29, 0.717) is 24.5 Å². The summed E-state index contributed by atoms with van der Waals surface area (Å²) in [6.45, 7) is 4.88. The Labute approximate surface area is 171 Å². The predicted molar refractivity (Wildman–Crippen MR) is 110 cm³/mol. The molecule has 0 radical (unpaired) electrons. The van der Waals surface area contributed by atoms with Crippen molar-refractivity contribution in [2.24, 2.45) is 0 Å². The fourth-order valence-corrected chi connectivity index (χ4v) is 2.92. The van der Waals surface area contributed by atoms with Crippen LogP contribution in [0.2, 0.25) is 0 Å². The zero-order chi connectivity index (χ0) is 21.2. The van der Waals surface area contributed by atoms with Crippen molar-refractivity contribution in [3.05, 3.63) is 58.7 Å². The second-order valence-corrected chi connectivity index (χ2v) is 6.68. The number of aryl methyl sites for hydroxylation is 2. The molecule has 0 aliphatic heterocycles. The Morgan fingerprint density at radius 1 is 0.931 bits per heavy atom. The third-order valence-corrected chi connectivity index (χ3v) is 4.61. The van der Waals surface area contributed by atoms with Gasteiger partial charge in [-0.25, -0.2) is 4.79 Å². The molecule has 0 spiro atoms. The van der Waals surface area contributed by atoms with Crippen molar-refractivity contribution in [3.8, 4) is 11.5 Å². The number of hydrogen-bond donors (Lipinski definition) is 0. The lowest BCUT2D eigenvalue weighted by Gasteiger charge is -2.14. The number of ether oxygens (including phenoxy) is 4. The molecule has 156 valence electrons. The number of carbonyl (C=O) groups is 2. The molecule has 0 aromatic heterocycles. The summed E-state index contributed by atoms with van der Waals surface area (Å²) < 4.78 is 21.5. The van der Waals surface area contributed by atoms with Crippen molar-refractivity contribution in [2.45, 2.75) is 32.8 Å². The van der Waals surface area contributed by atoms with Gasteiger partial charge in [-0.2, -0.15) is 0 Å². The zero-order valence-electron chi connectivity index (χ0n) is 17.4. The van der Waals surface area contributed by atoms with Crippen molar-refractivity contribution < 1.29 is 28.5 Å². The molecule has 6 heteroatoms. The van der Waals surface area contributed by atoms with Crippen molar-refractivity contribution in [1.29, 1.82) is 0 Å². The number of benzene rings is 2. The minimum Gasteiger partial charge on any atom is -0.494 e. The van der Waals surface area contributed by atoms with E-state index in [4.69, 9.17) is 18.9 Å². The van der Waals surface area contributed by atoms with Gasteiger partial charge < -0.3 is 23.7 Å². The van der Waals surface area contributed by atoms with Gasteiger partial charge in [0, 0.05) is 7.11 Å². The Morgan fingerprint density at radius 2 is 1.55 bits per heavy atom. The molecule has 0 saturated carbocycles. The normalized spacial score (nSPS) is 11.6. The van der Waals surface area contributed by atoms with Gasteiger partial charge in [-0.05, 0) is 73.7 Å². The van der Waals surface area contributed by atoms with Gasteiger partial charge in [-0.15, -0.1) is 0 Å². The van der Waals surface area contributed by atoms with Crippen LogP contribution in [0.4, 0.5) is 0 Å². The number of rotatable bonds is 11. The highest BCUT2D eigenvalue weighted by atomic mass is 16.5. The first-order valence-electron chi connectivity index (χ1n) is 9.53. The molecule has 2 aromatic rings. The Balaban J connectivity index is 1.76. The summed E-state index contributed by atoms with van der Waals surface area (Å²) >= 11 is 0. The molecule has 0 aliphatic rings. The standard InChI is InChI=1S/C23H28O6/c1-16-7-8-19(14-21(16)22(15-24)26-3)29-12-6-5-11-28-18-9-10-20(17(2)13-18)23(25)27-4/h7-10,13-15,22H,5-6,11-12H2,1-4H3. The smallest absolute Gasteiger partial charge is 0.338 e. The molecule has 0 fully saturated rings. The van der Waals surface area contributed by atoms with Crippen molar-refractivity contribution >= 4 is 12.3 Å². The number of aldehydes is 1. The monoisotopic (exact) mass is 400 g/mol. The maximum absolute atomic E-state index is 11.6. The van der Waals surface area contributed by atoms with Gasteiger partial charge in [0.2, 0.25) is 0 Å². The Bertz CT molecular complexity index is 830. The van der Waals surface area contributed by atoms with E-state index < -0.39 is 6.10 Å². The molecular weight excluding hydrogens is 372 g/mol. The average Bonchev–Trinajstić information content (AvgIpc) is 2.73. The molecule has 29 heavy (non-hydrogen) atoms. The van der Waals surface area contributed by atoms with E-state index in [9.17, 15) is 9.59 Å². The van der Waals surface area contributed by atoms with E-state index in [-0.39, 0.29) is 5.97 Å². The highest BCUT2D eigenvalue weighted by molar-refractivity contribution is 5.91. The van der Waals surface area contributed by atoms with Crippen LogP contribution in [0.5, 0.6) is 11.5 Å². The van der Waals surface area contributed by atoms with Crippen LogP contribution < -0.4 is 9.47 Å². The zero-order valence-corrected chi connectivity index (χ0v) is 17.4. The molecule has 1 atom stereocenters. The van der Waals surface area contributed by atoms with Crippen LogP contribution >= 0.6 is 0 Å². The van der Waals surface area contributed by atoms with Crippen LogP contribution in [0.15, 0.2) is 36.4 Å².